The molecular weight excluding hydrogens is 547 g/mol. The molecule has 0 bridgehead atoms. The van der Waals surface area contributed by atoms with Crippen LogP contribution in [0, 0.1) is 12.3 Å². The van der Waals surface area contributed by atoms with Gasteiger partial charge < -0.3 is 25.7 Å². The highest BCUT2D eigenvalue weighted by molar-refractivity contribution is 7.99. The van der Waals surface area contributed by atoms with Gasteiger partial charge >= 0.3 is 8.25 Å². The molecule has 2 aromatic rings. The van der Waals surface area contributed by atoms with Gasteiger partial charge in [0.15, 0.2) is 18.3 Å². The highest BCUT2D eigenvalue weighted by Crippen LogP contribution is 2.24. The molecule has 0 aromatic carbocycles. The standard InChI is InChI=1S/C28H48N5O4PS.H3N/c1-3-4-5-6-7-8-9-10-11-12-13-14-15-16-19-39-20-17-18-36-38(34)37-24-35-25(2)21-33-23-32-26-27(29)30-22-31-28(26)33;/h1,22-23,25,38H,4-21,24H2,2H3,(H2,29,30,31);1H3/t25-;/m1./s1. The van der Waals surface area contributed by atoms with E-state index >= 15 is 0 Å². The number of aromatic nitrogens is 4. The zero-order valence-electron chi connectivity index (χ0n) is 24.4. The fourth-order valence-electron chi connectivity index (χ4n) is 4.22. The number of hydrogen-bond acceptors (Lipinski definition) is 10. The monoisotopic (exact) mass is 598 g/mol. The number of anilines is 1. The summed E-state index contributed by atoms with van der Waals surface area (Å²) in [5.41, 5.74) is 7.02. The van der Waals surface area contributed by atoms with Crippen molar-refractivity contribution in [3.63, 3.8) is 0 Å². The van der Waals surface area contributed by atoms with Gasteiger partial charge in [0.05, 0.1) is 25.6 Å². The molecular formula is C28H51N6O4PS. The third-order valence-electron chi connectivity index (χ3n) is 6.43. The van der Waals surface area contributed by atoms with Gasteiger partial charge in [-0.1, -0.05) is 64.2 Å². The van der Waals surface area contributed by atoms with Crippen molar-refractivity contribution in [1.82, 2.24) is 25.7 Å². The molecule has 0 amide bonds. The van der Waals surface area contributed by atoms with Crippen LogP contribution in [0.15, 0.2) is 12.7 Å². The Morgan fingerprint density at radius 2 is 1.57 bits per heavy atom. The summed E-state index contributed by atoms with van der Waals surface area (Å²) in [7, 11) is -2.56. The van der Waals surface area contributed by atoms with E-state index in [4.69, 9.17) is 25.9 Å². The second-order valence-corrected chi connectivity index (χ2v) is 12.1. The molecule has 0 aliphatic heterocycles. The molecule has 10 nitrogen and oxygen atoms in total. The number of terminal acetylenes is 1. The van der Waals surface area contributed by atoms with Crippen LogP contribution in [0.4, 0.5) is 5.82 Å². The second kappa shape index (κ2) is 24.0. The van der Waals surface area contributed by atoms with Crippen molar-refractivity contribution >= 4 is 37.0 Å². The highest BCUT2D eigenvalue weighted by Gasteiger charge is 2.11. The molecule has 40 heavy (non-hydrogen) atoms. The van der Waals surface area contributed by atoms with Crippen LogP contribution in [0.25, 0.3) is 11.2 Å². The number of rotatable bonds is 25. The Labute approximate surface area is 245 Å². The summed E-state index contributed by atoms with van der Waals surface area (Å²) in [6, 6.07) is 0. The normalized spacial score (nSPS) is 12.7. The minimum absolute atomic E-state index is 0. The molecule has 2 aromatic heterocycles. The molecule has 0 saturated heterocycles. The predicted octanol–water partition coefficient (Wildman–Crippen LogP) is 7.18. The van der Waals surface area contributed by atoms with Gasteiger partial charge in [0.2, 0.25) is 0 Å². The van der Waals surface area contributed by atoms with Crippen molar-refractivity contribution in [2.45, 2.75) is 109 Å². The van der Waals surface area contributed by atoms with Crippen molar-refractivity contribution in [2.24, 2.45) is 0 Å². The lowest BCUT2D eigenvalue weighted by atomic mass is 10.0. The number of unbranched alkanes of at least 4 members (excludes halogenated alkanes) is 12. The van der Waals surface area contributed by atoms with Crippen LogP contribution in [-0.2, 0) is 24.9 Å². The van der Waals surface area contributed by atoms with Gasteiger partial charge in [0, 0.05) is 6.42 Å². The molecule has 5 N–H and O–H groups in total. The van der Waals surface area contributed by atoms with E-state index in [9.17, 15) is 4.57 Å². The first-order valence-electron chi connectivity index (χ1n) is 14.5. The van der Waals surface area contributed by atoms with Gasteiger partial charge in [-0.3, -0.25) is 9.09 Å². The summed E-state index contributed by atoms with van der Waals surface area (Å²) in [5.74, 6) is 5.25. The van der Waals surface area contributed by atoms with Crippen molar-refractivity contribution in [1.29, 1.82) is 0 Å². The molecule has 2 rings (SSSR count). The van der Waals surface area contributed by atoms with Crippen LogP contribution in [0.3, 0.4) is 0 Å². The molecule has 1 unspecified atom stereocenters. The Bertz CT molecular complexity index is 974. The fraction of sp³-hybridized carbons (Fsp3) is 0.750. The summed E-state index contributed by atoms with van der Waals surface area (Å²) in [5, 5.41) is 0. The number of hydrogen-bond donors (Lipinski definition) is 2. The van der Waals surface area contributed by atoms with Crippen LogP contribution < -0.4 is 11.9 Å². The second-order valence-electron chi connectivity index (χ2n) is 9.83. The molecule has 228 valence electrons. The van der Waals surface area contributed by atoms with E-state index in [1.807, 2.05) is 23.3 Å². The SMILES string of the molecule is C#CCCCCCCCCCCCCCCSCCCO[PH](=O)OCO[C@H](C)Cn1cnc2c(N)ncnc21.N. The summed E-state index contributed by atoms with van der Waals surface area (Å²) in [6.07, 6.45) is 25.9. The van der Waals surface area contributed by atoms with Gasteiger partial charge in [0.25, 0.3) is 0 Å². The van der Waals surface area contributed by atoms with E-state index in [0.717, 1.165) is 18.6 Å². The number of nitrogen functional groups attached to an aromatic ring is 1. The van der Waals surface area contributed by atoms with Crippen LogP contribution in [-0.4, -0.2) is 50.5 Å². The number of fused-ring (bicyclic) bond motifs is 1. The number of nitrogens with zero attached hydrogens (tertiary/aromatic N) is 4. The summed E-state index contributed by atoms with van der Waals surface area (Å²) >= 11 is 1.94. The van der Waals surface area contributed by atoms with E-state index in [-0.39, 0.29) is 19.0 Å². The molecule has 12 heteroatoms. The maximum atomic E-state index is 11.9. The van der Waals surface area contributed by atoms with Crippen LogP contribution in [0.1, 0.15) is 96.8 Å². The van der Waals surface area contributed by atoms with Crippen molar-refractivity contribution in [2.75, 3.05) is 30.6 Å². The summed E-state index contributed by atoms with van der Waals surface area (Å²) in [4.78, 5) is 12.4. The van der Waals surface area contributed by atoms with Gasteiger partial charge in [0.1, 0.15) is 11.8 Å². The summed E-state index contributed by atoms with van der Waals surface area (Å²) < 4.78 is 29.9. The number of imidazole rings is 1. The van der Waals surface area contributed by atoms with E-state index in [1.165, 1.54) is 89.1 Å². The predicted molar refractivity (Wildman–Crippen MR) is 167 cm³/mol. The molecule has 0 spiro atoms. The molecule has 0 aliphatic rings. The average Bonchev–Trinajstić information content (AvgIpc) is 3.33. The lowest BCUT2D eigenvalue weighted by Gasteiger charge is -2.14. The van der Waals surface area contributed by atoms with Crippen molar-refractivity contribution in [3.8, 4) is 12.3 Å². The van der Waals surface area contributed by atoms with E-state index in [2.05, 4.69) is 20.9 Å². The Morgan fingerprint density at radius 3 is 2.25 bits per heavy atom. The van der Waals surface area contributed by atoms with E-state index < -0.39 is 8.25 Å². The lowest BCUT2D eigenvalue weighted by molar-refractivity contribution is -0.0367. The quantitative estimate of drug-likeness (QED) is 0.0520. The van der Waals surface area contributed by atoms with Crippen molar-refractivity contribution in [3.05, 3.63) is 12.7 Å². The van der Waals surface area contributed by atoms with Gasteiger partial charge in [-0.05, 0) is 37.7 Å². The summed E-state index contributed by atoms with van der Waals surface area (Å²) in [6.45, 7) is 2.74. The Kier molecular flexibility index (Phi) is 21.8. The minimum atomic E-state index is -2.56. The zero-order chi connectivity index (χ0) is 28.0. The third-order valence-corrected chi connectivity index (χ3v) is 8.37. The molecule has 2 heterocycles. The van der Waals surface area contributed by atoms with Gasteiger partial charge in [-0.25, -0.2) is 15.0 Å². The topological polar surface area (TPSA) is 149 Å². The highest BCUT2D eigenvalue weighted by atomic mass is 32.2. The minimum Gasteiger partial charge on any atom is -0.382 e. The largest absolute Gasteiger partial charge is 0.382 e. The number of ether oxygens (including phenoxy) is 1. The smallest absolute Gasteiger partial charge is 0.321 e. The van der Waals surface area contributed by atoms with Gasteiger partial charge in [-0.2, -0.15) is 11.8 Å². The maximum absolute atomic E-state index is 11.9. The first-order valence-corrected chi connectivity index (χ1v) is 16.8. The maximum Gasteiger partial charge on any atom is 0.321 e. The molecule has 0 saturated carbocycles. The fourth-order valence-corrected chi connectivity index (χ4v) is 5.71. The molecule has 2 atom stereocenters. The average molecular weight is 599 g/mol. The molecule has 0 fully saturated rings. The Hall–Kier alpha value is -1.67. The van der Waals surface area contributed by atoms with Gasteiger partial charge in [-0.15, -0.1) is 12.3 Å². The van der Waals surface area contributed by atoms with Crippen LogP contribution in [0.5, 0.6) is 0 Å². The first kappa shape index (κ1) is 36.4. The van der Waals surface area contributed by atoms with Crippen LogP contribution >= 0.6 is 20.0 Å². The number of thioether (sulfide) groups is 1. The van der Waals surface area contributed by atoms with Crippen LogP contribution in [0.2, 0.25) is 0 Å². The van der Waals surface area contributed by atoms with Crippen molar-refractivity contribution < 1.29 is 18.3 Å². The van der Waals surface area contributed by atoms with E-state index in [1.54, 1.807) is 6.33 Å². The third kappa shape index (κ3) is 16.6. The van der Waals surface area contributed by atoms with E-state index in [0.29, 0.717) is 30.1 Å². The molecule has 0 radical (unpaired) electrons. The molecule has 0 aliphatic carbocycles. The number of nitrogens with two attached hydrogens (primary N) is 1. The Balaban J connectivity index is 0.00000800. The Morgan fingerprint density at radius 1 is 0.950 bits per heavy atom. The zero-order valence-corrected chi connectivity index (χ0v) is 26.2. The first-order chi connectivity index (χ1) is 19.1. The lowest BCUT2D eigenvalue weighted by Crippen LogP contribution is -2.17.